The van der Waals surface area contributed by atoms with Gasteiger partial charge >= 0.3 is 0 Å². The van der Waals surface area contributed by atoms with Crippen LogP contribution in [0.15, 0.2) is 48.5 Å². The van der Waals surface area contributed by atoms with Crippen molar-refractivity contribution in [3.63, 3.8) is 0 Å². The minimum atomic E-state index is 0.680. The number of aromatic nitrogens is 2. The van der Waals surface area contributed by atoms with Crippen LogP contribution >= 0.6 is 35.2 Å². The van der Waals surface area contributed by atoms with Gasteiger partial charge in [-0.05, 0) is 36.5 Å². The molecule has 0 atom stereocenters. The molecule has 0 aliphatic carbocycles. The molecule has 2 heterocycles. The molecule has 1 N–H and O–H groups in total. The van der Waals surface area contributed by atoms with Crippen molar-refractivity contribution >= 4 is 51.7 Å². The molecule has 1 aromatic heterocycles. The number of methoxy groups -OCH3 is 1. The molecule has 0 amide bonds. The molecule has 0 radical (unpaired) electrons. The number of halogens is 1. The molecular weight excluding hydrogens is 426 g/mol. The zero-order chi connectivity index (χ0) is 20.2. The third-order valence-corrected chi connectivity index (χ3v) is 6.40. The van der Waals surface area contributed by atoms with E-state index in [0.717, 1.165) is 57.4 Å². The maximum atomic E-state index is 6.34. The summed E-state index contributed by atoms with van der Waals surface area (Å²) in [7, 11) is 1.66. The molecule has 29 heavy (non-hydrogen) atoms. The first-order valence-corrected chi connectivity index (χ1v) is 10.9. The number of nitrogens with zero attached hydrogens (tertiary/aromatic N) is 4. The largest absolute Gasteiger partial charge is 0.495 e. The second-order valence-corrected chi connectivity index (χ2v) is 8.73. The maximum Gasteiger partial charge on any atom is 0.209 e. The van der Waals surface area contributed by atoms with Crippen LogP contribution in [-0.4, -0.2) is 48.0 Å². The Balaban J connectivity index is 1.38. The third kappa shape index (κ3) is 4.72. The summed E-state index contributed by atoms with van der Waals surface area (Å²) < 4.78 is 8.01. The van der Waals surface area contributed by atoms with Crippen LogP contribution in [0.1, 0.15) is 0 Å². The lowest BCUT2D eigenvalue weighted by Gasteiger charge is -2.36. The summed E-state index contributed by atoms with van der Waals surface area (Å²) in [5.74, 6) is 0.774. The van der Waals surface area contributed by atoms with Gasteiger partial charge in [-0.2, -0.15) is 0 Å². The number of para-hydroxylation sites is 3. The molecular formula is C20H22ClN5OS2. The van der Waals surface area contributed by atoms with E-state index in [-0.39, 0.29) is 0 Å². The van der Waals surface area contributed by atoms with Gasteiger partial charge in [-0.15, -0.1) is 5.10 Å². The predicted molar refractivity (Wildman–Crippen MR) is 122 cm³/mol. The third-order valence-electron chi connectivity index (χ3n) is 4.85. The first kappa shape index (κ1) is 20.2. The van der Waals surface area contributed by atoms with Crippen LogP contribution in [0.2, 0.25) is 5.02 Å². The SMILES string of the molecule is COc1ccccc1Nc1nn(CN2CCN(c3ccccc3Cl)CC2)c(=S)s1. The Bertz CT molecular complexity index is 1030. The van der Waals surface area contributed by atoms with Gasteiger partial charge in [0.2, 0.25) is 5.13 Å². The van der Waals surface area contributed by atoms with Crippen molar-refractivity contribution in [2.75, 3.05) is 43.5 Å². The first-order valence-electron chi connectivity index (χ1n) is 9.34. The Morgan fingerprint density at radius 3 is 2.59 bits per heavy atom. The highest BCUT2D eigenvalue weighted by molar-refractivity contribution is 7.73. The Morgan fingerprint density at radius 1 is 1.10 bits per heavy atom. The van der Waals surface area contributed by atoms with E-state index >= 15 is 0 Å². The Kier molecular flexibility index (Phi) is 6.34. The number of ether oxygens (including phenoxy) is 1. The normalized spacial score (nSPS) is 14.8. The highest BCUT2D eigenvalue weighted by Gasteiger charge is 2.19. The fraction of sp³-hybridized carbons (Fsp3) is 0.300. The fourth-order valence-corrected chi connectivity index (χ4v) is 4.60. The molecule has 6 nitrogen and oxygen atoms in total. The summed E-state index contributed by atoms with van der Waals surface area (Å²) in [6, 6.07) is 15.8. The second-order valence-electron chi connectivity index (χ2n) is 6.70. The molecule has 1 fully saturated rings. The van der Waals surface area contributed by atoms with Crippen LogP contribution in [-0.2, 0) is 6.67 Å². The predicted octanol–water partition coefficient (Wildman–Crippen LogP) is 4.86. The number of nitrogens with one attached hydrogen (secondary N) is 1. The highest BCUT2D eigenvalue weighted by Crippen LogP contribution is 2.29. The van der Waals surface area contributed by atoms with Gasteiger partial charge in [-0.3, -0.25) is 4.90 Å². The number of hydrogen-bond donors (Lipinski definition) is 1. The molecule has 3 aromatic rings. The zero-order valence-corrected chi connectivity index (χ0v) is 18.4. The lowest BCUT2D eigenvalue weighted by Crippen LogP contribution is -2.47. The molecule has 4 rings (SSSR count). The number of hydrogen-bond acceptors (Lipinski definition) is 7. The topological polar surface area (TPSA) is 45.6 Å². The standard InChI is InChI=1S/C20H22ClN5OS2/c1-27-18-9-5-3-7-16(18)22-19-23-26(20(28)29-19)14-24-10-12-25(13-11-24)17-8-4-2-6-15(17)21/h2-9H,10-14H2,1H3,(H,22,23). The summed E-state index contributed by atoms with van der Waals surface area (Å²) in [6.45, 7) is 4.39. The molecule has 0 bridgehead atoms. The van der Waals surface area contributed by atoms with E-state index < -0.39 is 0 Å². The van der Waals surface area contributed by atoms with Crippen molar-refractivity contribution in [2.45, 2.75) is 6.67 Å². The van der Waals surface area contributed by atoms with Crippen molar-refractivity contribution in [2.24, 2.45) is 0 Å². The monoisotopic (exact) mass is 447 g/mol. The van der Waals surface area contributed by atoms with Crippen LogP contribution < -0.4 is 15.0 Å². The molecule has 152 valence electrons. The maximum absolute atomic E-state index is 6.34. The Hall–Kier alpha value is -2.13. The molecule has 0 spiro atoms. The molecule has 0 unspecified atom stereocenters. The number of anilines is 3. The molecule has 1 aliphatic heterocycles. The Labute approximate surface area is 184 Å². The minimum absolute atomic E-state index is 0.680. The lowest BCUT2D eigenvalue weighted by molar-refractivity contribution is 0.195. The van der Waals surface area contributed by atoms with E-state index in [2.05, 4.69) is 26.3 Å². The van der Waals surface area contributed by atoms with E-state index in [1.807, 2.05) is 47.1 Å². The number of benzene rings is 2. The van der Waals surface area contributed by atoms with Crippen LogP contribution in [0.5, 0.6) is 5.75 Å². The van der Waals surface area contributed by atoms with Crippen molar-refractivity contribution in [1.29, 1.82) is 0 Å². The highest BCUT2D eigenvalue weighted by atomic mass is 35.5. The molecule has 1 saturated heterocycles. The minimum Gasteiger partial charge on any atom is -0.495 e. The van der Waals surface area contributed by atoms with Gasteiger partial charge in [-0.1, -0.05) is 47.2 Å². The van der Waals surface area contributed by atoms with Crippen molar-refractivity contribution < 1.29 is 4.74 Å². The van der Waals surface area contributed by atoms with Gasteiger partial charge in [0.05, 0.1) is 30.2 Å². The summed E-state index contributed by atoms with van der Waals surface area (Å²) in [4.78, 5) is 4.68. The summed E-state index contributed by atoms with van der Waals surface area (Å²) in [5.41, 5.74) is 1.97. The quantitative estimate of drug-likeness (QED) is 0.544. The molecule has 2 aromatic carbocycles. The Morgan fingerprint density at radius 2 is 1.83 bits per heavy atom. The zero-order valence-electron chi connectivity index (χ0n) is 16.0. The smallest absolute Gasteiger partial charge is 0.209 e. The van der Waals surface area contributed by atoms with Crippen molar-refractivity contribution in [3.05, 3.63) is 57.5 Å². The van der Waals surface area contributed by atoms with Gasteiger partial charge in [0.25, 0.3) is 0 Å². The average molecular weight is 448 g/mol. The van der Waals surface area contributed by atoms with Gasteiger partial charge < -0.3 is 15.0 Å². The fourth-order valence-electron chi connectivity index (χ4n) is 3.34. The van der Waals surface area contributed by atoms with E-state index in [0.29, 0.717) is 6.67 Å². The average Bonchev–Trinajstić information content (AvgIpc) is 3.08. The van der Waals surface area contributed by atoms with Crippen LogP contribution in [0.25, 0.3) is 0 Å². The van der Waals surface area contributed by atoms with Crippen LogP contribution in [0, 0.1) is 3.95 Å². The van der Waals surface area contributed by atoms with E-state index in [9.17, 15) is 0 Å². The van der Waals surface area contributed by atoms with E-state index in [1.165, 1.54) is 11.3 Å². The van der Waals surface area contributed by atoms with Crippen molar-refractivity contribution in [1.82, 2.24) is 14.7 Å². The van der Waals surface area contributed by atoms with Gasteiger partial charge in [0.15, 0.2) is 3.95 Å². The molecule has 1 aliphatic rings. The number of rotatable bonds is 6. The first-order chi connectivity index (χ1) is 14.1. The summed E-state index contributed by atoms with van der Waals surface area (Å²) >= 11 is 13.3. The van der Waals surface area contributed by atoms with Crippen LogP contribution in [0.3, 0.4) is 0 Å². The molecule has 9 heteroatoms. The molecule has 0 saturated carbocycles. The van der Waals surface area contributed by atoms with Gasteiger partial charge in [0, 0.05) is 26.2 Å². The van der Waals surface area contributed by atoms with Gasteiger partial charge in [-0.25, -0.2) is 4.68 Å². The van der Waals surface area contributed by atoms with E-state index in [4.69, 9.17) is 28.6 Å². The van der Waals surface area contributed by atoms with Crippen molar-refractivity contribution in [3.8, 4) is 5.75 Å². The summed E-state index contributed by atoms with van der Waals surface area (Å²) in [5, 5.41) is 9.52. The van der Waals surface area contributed by atoms with E-state index in [1.54, 1.807) is 7.11 Å². The van der Waals surface area contributed by atoms with Gasteiger partial charge in [0.1, 0.15) is 5.75 Å². The lowest BCUT2D eigenvalue weighted by atomic mass is 10.2. The number of piperazine rings is 1. The second kappa shape index (κ2) is 9.13. The van der Waals surface area contributed by atoms with Crippen LogP contribution in [0.4, 0.5) is 16.5 Å². The summed E-state index contributed by atoms with van der Waals surface area (Å²) in [6.07, 6.45) is 0.